The van der Waals surface area contributed by atoms with Crippen LogP contribution in [0.25, 0.3) is 11.1 Å². The summed E-state index contributed by atoms with van der Waals surface area (Å²) in [4.78, 5) is 30.7. The molecule has 0 fully saturated rings. The SMILES string of the molecule is CCC(=O)Nc1ccc(-c2c[c]cnc2NC(C)=O)cn1. The van der Waals surface area contributed by atoms with Crippen LogP contribution in [0.15, 0.2) is 30.6 Å². The van der Waals surface area contributed by atoms with Crippen LogP contribution in [-0.2, 0) is 9.59 Å². The molecule has 0 unspecified atom stereocenters. The molecule has 0 aliphatic rings. The van der Waals surface area contributed by atoms with Crippen molar-refractivity contribution in [3.05, 3.63) is 36.7 Å². The van der Waals surface area contributed by atoms with Crippen molar-refractivity contribution in [2.45, 2.75) is 20.3 Å². The highest BCUT2D eigenvalue weighted by Crippen LogP contribution is 2.25. The average Bonchev–Trinajstić information content (AvgIpc) is 2.48. The molecule has 0 aliphatic carbocycles. The van der Waals surface area contributed by atoms with Crippen LogP contribution in [0.4, 0.5) is 11.6 Å². The number of carbonyl (C=O) groups excluding carboxylic acids is 2. The van der Waals surface area contributed by atoms with Gasteiger partial charge in [-0.25, -0.2) is 9.97 Å². The fourth-order valence-electron chi connectivity index (χ4n) is 1.71. The number of nitrogens with zero attached hydrogens (tertiary/aromatic N) is 2. The van der Waals surface area contributed by atoms with Crippen molar-refractivity contribution in [2.75, 3.05) is 10.6 Å². The zero-order valence-electron chi connectivity index (χ0n) is 11.8. The van der Waals surface area contributed by atoms with Crippen LogP contribution in [0.2, 0.25) is 0 Å². The largest absolute Gasteiger partial charge is 0.311 e. The van der Waals surface area contributed by atoms with Crippen molar-refractivity contribution in [2.24, 2.45) is 0 Å². The van der Waals surface area contributed by atoms with Gasteiger partial charge in [0.2, 0.25) is 11.8 Å². The summed E-state index contributed by atoms with van der Waals surface area (Å²) in [5.74, 6) is 0.645. The molecule has 2 aromatic rings. The number of hydrogen-bond acceptors (Lipinski definition) is 4. The Labute approximate surface area is 122 Å². The van der Waals surface area contributed by atoms with Crippen molar-refractivity contribution in [1.29, 1.82) is 0 Å². The molecule has 1 radical (unpaired) electrons. The second kappa shape index (κ2) is 6.60. The van der Waals surface area contributed by atoms with Gasteiger partial charge in [-0.15, -0.1) is 0 Å². The molecule has 107 valence electrons. The van der Waals surface area contributed by atoms with Crippen LogP contribution in [0.3, 0.4) is 0 Å². The van der Waals surface area contributed by atoms with E-state index >= 15 is 0 Å². The van der Waals surface area contributed by atoms with Gasteiger partial charge in [0.05, 0.1) is 0 Å². The van der Waals surface area contributed by atoms with Gasteiger partial charge in [0, 0.05) is 42.9 Å². The molecule has 6 nitrogen and oxygen atoms in total. The summed E-state index contributed by atoms with van der Waals surface area (Å²) in [7, 11) is 0. The Kier molecular flexibility index (Phi) is 4.61. The first kappa shape index (κ1) is 14.6. The zero-order valence-corrected chi connectivity index (χ0v) is 11.8. The second-order valence-electron chi connectivity index (χ2n) is 4.35. The van der Waals surface area contributed by atoms with Crippen LogP contribution in [0, 0.1) is 6.07 Å². The first-order valence-corrected chi connectivity index (χ1v) is 6.50. The van der Waals surface area contributed by atoms with Gasteiger partial charge in [-0.2, -0.15) is 0 Å². The van der Waals surface area contributed by atoms with Gasteiger partial charge in [0.1, 0.15) is 11.6 Å². The van der Waals surface area contributed by atoms with Crippen LogP contribution in [-0.4, -0.2) is 21.8 Å². The number of amides is 2. The van der Waals surface area contributed by atoms with E-state index in [0.717, 1.165) is 5.56 Å². The maximum absolute atomic E-state index is 11.3. The molecule has 2 amide bonds. The van der Waals surface area contributed by atoms with Crippen LogP contribution >= 0.6 is 0 Å². The second-order valence-corrected chi connectivity index (χ2v) is 4.35. The minimum atomic E-state index is -0.199. The molecule has 0 saturated carbocycles. The highest BCUT2D eigenvalue weighted by Gasteiger charge is 2.08. The minimum Gasteiger partial charge on any atom is -0.311 e. The number of pyridine rings is 2. The maximum Gasteiger partial charge on any atom is 0.225 e. The van der Waals surface area contributed by atoms with E-state index in [2.05, 4.69) is 26.7 Å². The molecule has 21 heavy (non-hydrogen) atoms. The fourth-order valence-corrected chi connectivity index (χ4v) is 1.71. The quantitative estimate of drug-likeness (QED) is 0.901. The van der Waals surface area contributed by atoms with E-state index in [9.17, 15) is 9.59 Å². The molecule has 2 aromatic heterocycles. The monoisotopic (exact) mass is 283 g/mol. The van der Waals surface area contributed by atoms with Crippen molar-refractivity contribution < 1.29 is 9.59 Å². The normalized spacial score (nSPS) is 10.0. The standard InChI is InChI=1S/C15H15N4O2/c1-3-14(21)19-13-7-6-11(9-17-13)12-5-4-8-16-15(12)18-10(2)20/h5-9H,3H2,1-2H3,(H,16,18,20)(H,17,19,21). The summed E-state index contributed by atoms with van der Waals surface area (Å²) in [5.41, 5.74) is 1.49. The van der Waals surface area contributed by atoms with E-state index in [1.807, 2.05) is 0 Å². The molecule has 0 bridgehead atoms. The lowest BCUT2D eigenvalue weighted by Gasteiger charge is -2.09. The number of anilines is 2. The number of rotatable bonds is 4. The van der Waals surface area contributed by atoms with Crippen LogP contribution < -0.4 is 10.6 Å². The Morgan fingerprint density at radius 2 is 2.05 bits per heavy atom. The zero-order chi connectivity index (χ0) is 15.2. The van der Waals surface area contributed by atoms with Gasteiger partial charge in [0.25, 0.3) is 0 Å². The molecule has 0 spiro atoms. The van der Waals surface area contributed by atoms with E-state index in [1.165, 1.54) is 13.1 Å². The topological polar surface area (TPSA) is 84.0 Å². The highest BCUT2D eigenvalue weighted by atomic mass is 16.2. The number of nitrogens with one attached hydrogen (secondary N) is 2. The Morgan fingerprint density at radius 3 is 2.67 bits per heavy atom. The minimum absolute atomic E-state index is 0.0936. The third-order valence-corrected chi connectivity index (χ3v) is 2.71. The van der Waals surface area contributed by atoms with Gasteiger partial charge >= 0.3 is 0 Å². The lowest BCUT2D eigenvalue weighted by atomic mass is 10.1. The molecule has 2 rings (SSSR count). The van der Waals surface area contributed by atoms with Gasteiger partial charge < -0.3 is 10.6 Å². The highest BCUT2D eigenvalue weighted by molar-refractivity contribution is 5.92. The van der Waals surface area contributed by atoms with Gasteiger partial charge in [-0.05, 0) is 18.2 Å². The summed E-state index contributed by atoms with van der Waals surface area (Å²) in [6.07, 6.45) is 3.49. The summed E-state index contributed by atoms with van der Waals surface area (Å²) >= 11 is 0. The first-order valence-electron chi connectivity index (χ1n) is 6.50. The molecule has 2 heterocycles. The van der Waals surface area contributed by atoms with Crippen molar-refractivity contribution in [1.82, 2.24) is 9.97 Å². The van der Waals surface area contributed by atoms with E-state index in [1.54, 1.807) is 31.3 Å². The van der Waals surface area contributed by atoms with Crippen LogP contribution in [0.5, 0.6) is 0 Å². The smallest absolute Gasteiger partial charge is 0.225 e. The summed E-state index contributed by atoms with van der Waals surface area (Å²) in [5, 5.41) is 5.33. The number of carbonyl (C=O) groups is 2. The molecule has 2 N–H and O–H groups in total. The Morgan fingerprint density at radius 1 is 1.24 bits per heavy atom. The van der Waals surface area contributed by atoms with E-state index < -0.39 is 0 Å². The van der Waals surface area contributed by atoms with Crippen molar-refractivity contribution in [3.63, 3.8) is 0 Å². The van der Waals surface area contributed by atoms with Crippen molar-refractivity contribution >= 4 is 23.5 Å². The van der Waals surface area contributed by atoms with E-state index in [-0.39, 0.29) is 11.8 Å². The molecule has 0 aromatic carbocycles. The average molecular weight is 283 g/mol. The summed E-state index contributed by atoms with van der Waals surface area (Å²) < 4.78 is 0. The molecular formula is C15H15N4O2. The Bertz CT molecular complexity index is 653. The van der Waals surface area contributed by atoms with Crippen molar-refractivity contribution in [3.8, 4) is 11.1 Å². The van der Waals surface area contributed by atoms with Crippen LogP contribution in [0.1, 0.15) is 20.3 Å². The molecule has 0 saturated heterocycles. The molecular weight excluding hydrogens is 268 g/mol. The lowest BCUT2D eigenvalue weighted by molar-refractivity contribution is -0.116. The van der Waals surface area contributed by atoms with Gasteiger partial charge in [-0.3, -0.25) is 9.59 Å². The van der Waals surface area contributed by atoms with Gasteiger partial charge in [-0.1, -0.05) is 6.92 Å². The summed E-state index contributed by atoms with van der Waals surface area (Å²) in [6.45, 7) is 3.19. The fraction of sp³-hybridized carbons (Fsp3) is 0.200. The predicted molar refractivity (Wildman–Crippen MR) is 79.5 cm³/mol. The number of aromatic nitrogens is 2. The first-order chi connectivity index (χ1) is 10.1. The third-order valence-electron chi connectivity index (χ3n) is 2.71. The maximum atomic E-state index is 11.3. The van der Waals surface area contributed by atoms with Gasteiger partial charge in [0.15, 0.2) is 0 Å². The lowest BCUT2D eigenvalue weighted by Crippen LogP contribution is -2.10. The molecule has 0 aliphatic heterocycles. The number of hydrogen-bond donors (Lipinski definition) is 2. The molecule has 6 heteroatoms. The summed E-state index contributed by atoms with van der Waals surface area (Å²) in [6, 6.07) is 8.09. The van der Waals surface area contributed by atoms with E-state index in [4.69, 9.17) is 0 Å². The Balaban J connectivity index is 2.26. The molecule has 0 atom stereocenters. The van der Waals surface area contributed by atoms with E-state index in [0.29, 0.717) is 23.6 Å². The predicted octanol–water partition coefficient (Wildman–Crippen LogP) is 2.25. The Hall–Kier alpha value is -2.76. The third kappa shape index (κ3) is 3.85.